The summed E-state index contributed by atoms with van der Waals surface area (Å²) in [6.07, 6.45) is 1.46. The fraction of sp³-hybridized carbons (Fsp3) is 0.269. The molecule has 2 aromatic carbocycles. The predicted molar refractivity (Wildman–Crippen MR) is 136 cm³/mol. The summed E-state index contributed by atoms with van der Waals surface area (Å²) < 4.78 is 21.5. The first-order chi connectivity index (χ1) is 16.9. The van der Waals surface area contributed by atoms with E-state index in [9.17, 15) is 14.0 Å². The van der Waals surface area contributed by atoms with E-state index in [-0.39, 0.29) is 23.2 Å². The van der Waals surface area contributed by atoms with Gasteiger partial charge in [0.25, 0.3) is 5.56 Å². The first kappa shape index (κ1) is 23.0. The van der Waals surface area contributed by atoms with E-state index in [1.54, 1.807) is 36.8 Å². The van der Waals surface area contributed by atoms with Crippen molar-refractivity contribution in [2.24, 2.45) is 5.92 Å². The molecule has 1 saturated heterocycles. The fourth-order valence-electron chi connectivity index (χ4n) is 4.38. The number of ether oxygens (including phenoxy) is 1. The lowest BCUT2D eigenvalue weighted by Crippen LogP contribution is -2.43. The monoisotopic (exact) mass is 492 g/mol. The molecule has 1 aliphatic heterocycles. The minimum absolute atomic E-state index is 0.157. The van der Waals surface area contributed by atoms with Crippen LogP contribution in [0.4, 0.5) is 16.0 Å². The van der Waals surface area contributed by atoms with Crippen molar-refractivity contribution in [3.8, 4) is 11.4 Å². The molecular formula is C26H25FN4O3S. The summed E-state index contributed by atoms with van der Waals surface area (Å²) in [6.45, 7) is 2.74. The highest BCUT2D eigenvalue weighted by Gasteiger charge is 2.29. The zero-order chi connectivity index (χ0) is 24.5. The normalized spacial score (nSPS) is 15.9. The molecule has 0 spiro atoms. The number of hydrogen-bond acceptors (Lipinski definition) is 6. The van der Waals surface area contributed by atoms with Crippen LogP contribution in [0, 0.1) is 18.7 Å². The first-order valence-corrected chi connectivity index (χ1v) is 12.3. The van der Waals surface area contributed by atoms with Crippen molar-refractivity contribution in [2.45, 2.75) is 19.8 Å². The van der Waals surface area contributed by atoms with Crippen molar-refractivity contribution in [3.05, 3.63) is 75.6 Å². The van der Waals surface area contributed by atoms with Crippen molar-refractivity contribution in [1.82, 2.24) is 9.55 Å². The Morgan fingerprint density at radius 1 is 1.23 bits per heavy atom. The second kappa shape index (κ2) is 9.50. The molecule has 2 aromatic heterocycles. The Morgan fingerprint density at radius 3 is 2.89 bits per heavy atom. The van der Waals surface area contributed by atoms with Crippen LogP contribution in [0.3, 0.4) is 0 Å². The number of aryl methyl sites for hydroxylation is 1. The third kappa shape index (κ3) is 4.51. The summed E-state index contributed by atoms with van der Waals surface area (Å²) in [6, 6.07) is 13.8. The second-order valence-corrected chi connectivity index (χ2v) is 9.54. The standard InChI is InChI=1S/C26H25FN4O3S/c1-16-8-9-18(13-21(16)27)28-24(32)17-5-4-11-30(15-17)26-29-22-10-12-35-23(22)25(33)31(26)19-6-3-7-20(14-19)34-2/h3,6-10,12-14,17H,4-5,11,15H2,1-2H3,(H,28,32)/t17-/m0/s1. The van der Waals surface area contributed by atoms with Crippen molar-refractivity contribution in [1.29, 1.82) is 0 Å². The number of fused-ring (bicyclic) bond motifs is 1. The first-order valence-electron chi connectivity index (χ1n) is 11.4. The zero-order valence-electron chi connectivity index (χ0n) is 19.5. The topological polar surface area (TPSA) is 76.5 Å². The summed E-state index contributed by atoms with van der Waals surface area (Å²) in [5.41, 5.74) is 2.08. The van der Waals surface area contributed by atoms with E-state index in [1.807, 2.05) is 34.5 Å². The number of halogens is 1. The lowest BCUT2D eigenvalue weighted by molar-refractivity contribution is -0.120. The number of anilines is 2. The lowest BCUT2D eigenvalue weighted by atomic mass is 9.97. The Kier molecular flexibility index (Phi) is 6.25. The molecular weight excluding hydrogens is 467 g/mol. The summed E-state index contributed by atoms with van der Waals surface area (Å²) in [5, 5.41) is 4.69. The van der Waals surface area contributed by atoms with Gasteiger partial charge in [-0.1, -0.05) is 12.1 Å². The number of benzene rings is 2. The van der Waals surface area contributed by atoms with Crippen LogP contribution in [0.25, 0.3) is 15.9 Å². The zero-order valence-corrected chi connectivity index (χ0v) is 20.3. The fourth-order valence-corrected chi connectivity index (χ4v) is 5.14. The number of thiophene rings is 1. The second-order valence-electron chi connectivity index (χ2n) is 8.63. The Labute approximate surface area is 205 Å². The van der Waals surface area contributed by atoms with Gasteiger partial charge in [0, 0.05) is 24.8 Å². The number of rotatable bonds is 5. The molecule has 0 saturated carbocycles. The number of nitrogens with zero attached hydrogens (tertiary/aromatic N) is 3. The van der Waals surface area contributed by atoms with Crippen LogP contribution in [-0.4, -0.2) is 35.7 Å². The van der Waals surface area contributed by atoms with E-state index in [0.717, 1.165) is 6.42 Å². The van der Waals surface area contributed by atoms with Crippen LogP contribution in [0.5, 0.6) is 5.75 Å². The summed E-state index contributed by atoms with van der Waals surface area (Å²) in [4.78, 5) is 33.4. The molecule has 0 aliphatic carbocycles. The highest BCUT2D eigenvalue weighted by molar-refractivity contribution is 7.17. The maximum absolute atomic E-state index is 13.9. The Morgan fingerprint density at radius 2 is 2.09 bits per heavy atom. The molecule has 1 aliphatic rings. The Bertz CT molecular complexity index is 1460. The molecule has 35 heavy (non-hydrogen) atoms. The van der Waals surface area contributed by atoms with Gasteiger partial charge in [0.05, 0.1) is 24.2 Å². The SMILES string of the molecule is COc1cccc(-n2c(N3CCC[C@H](C(=O)Nc4ccc(C)c(F)c4)C3)nc3ccsc3c2=O)c1. The molecule has 1 amide bonds. The highest BCUT2D eigenvalue weighted by atomic mass is 32.1. The van der Waals surface area contributed by atoms with Gasteiger partial charge in [-0.2, -0.15) is 0 Å². The van der Waals surface area contributed by atoms with Gasteiger partial charge in [-0.25, -0.2) is 13.9 Å². The minimum Gasteiger partial charge on any atom is -0.497 e. The van der Waals surface area contributed by atoms with Crippen LogP contribution in [0.15, 0.2) is 58.7 Å². The van der Waals surface area contributed by atoms with Gasteiger partial charge < -0.3 is 15.0 Å². The number of hydrogen-bond donors (Lipinski definition) is 1. The lowest BCUT2D eigenvalue weighted by Gasteiger charge is -2.34. The van der Waals surface area contributed by atoms with Crippen molar-refractivity contribution < 1.29 is 13.9 Å². The van der Waals surface area contributed by atoms with Crippen molar-refractivity contribution >= 4 is 39.1 Å². The van der Waals surface area contributed by atoms with Gasteiger partial charge in [-0.3, -0.25) is 9.59 Å². The molecule has 7 nitrogen and oxygen atoms in total. The van der Waals surface area contributed by atoms with E-state index in [4.69, 9.17) is 9.72 Å². The highest BCUT2D eigenvalue weighted by Crippen LogP contribution is 2.28. The van der Waals surface area contributed by atoms with Gasteiger partial charge in [-0.15, -0.1) is 11.3 Å². The number of nitrogens with one attached hydrogen (secondary N) is 1. The van der Waals surface area contributed by atoms with Crippen LogP contribution in [0.2, 0.25) is 0 Å². The number of methoxy groups -OCH3 is 1. The smallest absolute Gasteiger partial charge is 0.277 e. The quantitative estimate of drug-likeness (QED) is 0.435. The number of carbonyl (C=O) groups is 1. The van der Waals surface area contributed by atoms with E-state index in [0.29, 0.717) is 58.4 Å². The third-order valence-corrected chi connectivity index (χ3v) is 7.18. The van der Waals surface area contributed by atoms with Crippen molar-refractivity contribution in [2.75, 3.05) is 30.4 Å². The molecule has 1 fully saturated rings. The van der Waals surface area contributed by atoms with Crippen LogP contribution >= 0.6 is 11.3 Å². The molecule has 1 N–H and O–H groups in total. The molecule has 0 bridgehead atoms. The summed E-state index contributed by atoms with van der Waals surface area (Å²) in [5.74, 6) is 0.260. The van der Waals surface area contributed by atoms with Gasteiger partial charge in [-0.05, 0) is 61.0 Å². The average molecular weight is 493 g/mol. The Balaban J connectivity index is 1.49. The number of carbonyl (C=O) groups excluding carboxylic acids is 1. The molecule has 4 aromatic rings. The van der Waals surface area contributed by atoms with Gasteiger partial charge in [0.1, 0.15) is 16.3 Å². The van der Waals surface area contributed by atoms with E-state index in [1.165, 1.54) is 17.4 Å². The van der Waals surface area contributed by atoms with E-state index in [2.05, 4.69) is 5.32 Å². The van der Waals surface area contributed by atoms with E-state index < -0.39 is 0 Å². The molecule has 0 radical (unpaired) electrons. The average Bonchev–Trinajstić information content (AvgIpc) is 3.35. The molecule has 9 heteroatoms. The maximum atomic E-state index is 13.9. The van der Waals surface area contributed by atoms with Gasteiger partial charge in [0.15, 0.2) is 0 Å². The van der Waals surface area contributed by atoms with Crippen LogP contribution in [0.1, 0.15) is 18.4 Å². The maximum Gasteiger partial charge on any atom is 0.277 e. The van der Waals surface area contributed by atoms with Crippen molar-refractivity contribution in [3.63, 3.8) is 0 Å². The molecule has 0 unspecified atom stereocenters. The summed E-state index contributed by atoms with van der Waals surface area (Å²) in [7, 11) is 1.58. The predicted octanol–water partition coefficient (Wildman–Crippen LogP) is 4.76. The molecule has 180 valence electrons. The van der Waals surface area contributed by atoms with Gasteiger partial charge >= 0.3 is 0 Å². The number of amides is 1. The summed E-state index contributed by atoms with van der Waals surface area (Å²) >= 11 is 1.36. The van der Waals surface area contributed by atoms with Gasteiger partial charge in [0.2, 0.25) is 11.9 Å². The minimum atomic E-state index is -0.358. The molecule has 5 rings (SSSR count). The largest absolute Gasteiger partial charge is 0.497 e. The third-order valence-electron chi connectivity index (χ3n) is 6.29. The number of piperidine rings is 1. The Hall–Kier alpha value is -3.72. The number of aromatic nitrogens is 2. The van der Waals surface area contributed by atoms with Crippen LogP contribution in [-0.2, 0) is 4.79 Å². The van der Waals surface area contributed by atoms with Crippen LogP contribution < -0.4 is 20.5 Å². The molecule has 3 heterocycles. The van der Waals surface area contributed by atoms with E-state index >= 15 is 0 Å². The molecule has 1 atom stereocenters.